The van der Waals surface area contributed by atoms with Crippen molar-refractivity contribution in [3.8, 4) is 0 Å². The summed E-state index contributed by atoms with van der Waals surface area (Å²) in [5, 5.41) is 3.40. The molecule has 1 N–H and O–H groups in total. The van der Waals surface area contributed by atoms with Gasteiger partial charge in [-0.25, -0.2) is 0 Å². The predicted molar refractivity (Wildman–Crippen MR) is 57.0 cm³/mol. The van der Waals surface area contributed by atoms with E-state index in [0.29, 0.717) is 0 Å². The molecule has 0 unspecified atom stereocenters. The van der Waals surface area contributed by atoms with E-state index in [2.05, 4.69) is 61.4 Å². The maximum Gasteiger partial charge on any atom is 0.304 e. The molecule has 0 aromatic heterocycles. The summed E-state index contributed by atoms with van der Waals surface area (Å²) < 4.78 is 6.73. The fourth-order valence-electron chi connectivity index (χ4n) is 1.67. The molecule has 4 nitrogen and oxygen atoms in total. The van der Waals surface area contributed by atoms with Crippen LogP contribution in [0, 0.1) is 0 Å². The van der Waals surface area contributed by atoms with E-state index in [-0.39, 0.29) is 0 Å². The Hall–Kier alpha value is 0.270. The number of nitrogens with zero attached hydrogens (tertiary/aromatic N) is 3. The van der Waals surface area contributed by atoms with Gasteiger partial charge >= 0.3 is 7.87 Å². The Balaban J connectivity index is 4.77. The lowest BCUT2D eigenvalue weighted by atomic mass is 11.2. The predicted octanol–water partition coefficient (Wildman–Crippen LogP) is 0.568. The van der Waals surface area contributed by atoms with Crippen LogP contribution in [0.3, 0.4) is 0 Å². The van der Waals surface area contributed by atoms with Gasteiger partial charge in [0.2, 0.25) is 0 Å². The van der Waals surface area contributed by atoms with Crippen LogP contribution in [0.15, 0.2) is 0 Å². The van der Waals surface area contributed by atoms with Crippen molar-refractivity contribution in [2.75, 3.05) is 49.3 Å². The monoisotopic (exact) mass is 193 g/mol. The molecule has 0 aromatic rings. The fourth-order valence-corrected chi connectivity index (χ4v) is 5.02. The Morgan fingerprint density at radius 1 is 0.750 bits per heavy atom. The Bertz CT molecular complexity index is 114. The largest absolute Gasteiger partial charge is 0.304 e. The van der Waals surface area contributed by atoms with Crippen molar-refractivity contribution in [2.45, 2.75) is 0 Å². The summed E-state index contributed by atoms with van der Waals surface area (Å²) in [6.45, 7) is 0. The SMILES string of the molecule is CN[P+](N(C)C)(N(C)C)N(C)C. The molecular formula is C7H22N4P+. The zero-order valence-electron chi connectivity index (χ0n) is 9.29. The molecule has 0 atom stereocenters. The molecular weight excluding hydrogens is 171 g/mol. The van der Waals surface area contributed by atoms with Crippen LogP contribution in [-0.2, 0) is 0 Å². The molecule has 12 heavy (non-hydrogen) atoms. The first kappa shape index (κ1) is 12.3. The number of hydrogen-bond donors (Lipinski definition) is 1. The van der Waals surface area contributed by atoms with E-state index < -0.39 is 7.87 Å². The molecule has 74 valence electrons. The van der Waals surface area contributed by atoms with Crippen LogP contribution in [0.1, 0.15) is 0 Å². The number of nitrogens with one attached hydrogen (secondary N) is 1. The molecule has 0 saturated carbocycles. The summed E-state index contributed by atoms with van der Waals surface area (Å²) in [5.74, 6) is 0. The van der Waals surface area contributed by atoms with Gasteiger partial charge in [0.1, 0.15) is 0 Å². The normalized spacial score (nSPS) is 13.5. The molecule has 0 aromatic carbocycles. The average Bonchev–Trinajstić information content (AvgIpc) is 1.86. The first-order valence-electron chi connectivity index (χ1n) is 4.01. The first-order chi connectivity index (χ1) is 5.39. The number of rotatable bonds is 4. The van der Waals surface area contributed by atoms with Gasteiger partial charge in [0.25, 0.3) is 0 Å². The van der Waals surface area contributed by atoms with Gasteiger partial charge in [-0.05, 0) is 0 Å². The quantitative estimate of drug-likeness (QED) is 0.659. The minimum Gasteiger partial charge on any atom is -0.149 e. The van der Waals surface area contributed by atoms with E-state index in [1.807, 2.05) is 7.05 Å². The molecule has 0 heterocycles. The van der Waals surface area contributed by atoms with Gasteiger partial charge in [0.05, 0.1) is 0 Å². The molecule has 5 heteroatoms. The first-order valence-corrected chi connectivity index (χ1v) is 5.65. The molecule has 0 fully saturated rings. The highest BCUT2D eigenvalue weighted by Gasteiger charge is 2.46. The van der Waals surface area contributed by atoms with Crippen molar-refractivity contribution < 1.29 is 0 Å². The Morgan fingerprint density at radius 2 is 1.00 bits per heavy atom. The van der Waals surface area contributed by atoms with Crippen LogP contribution in [-0.4, -0.2) is 63.3 Å². The Labute approximate surface area is 77.1 Å². The summed E-state index contributed by atoms with van der Waals surface area (Å²) in [6, 6.07) is 0. The summed E-state index contributed by atoms with van der Waals surface area (Å²) in [4.78, 5) is 0. The fraction of sp³-hybridized carbons (Fsp3) is 1.00. The molecule has 0 spiro atoms. The standard InChI is InChI=1S/C7H22N4P/c1-8-12(9(2)3,10(4)5)11(6)7/h8H,1-7H3/q+1. The van der Waals surface area contributed by atoms with Crippen molar-refractivity contribution in [3.63, 3.8) is 0 Å². The summed E-state index contributed by atoms with van der Waals surface area (Å²) >= 11 is 0. The van der Waals surface area contributed by atoms with Gasteiger partial charge in [0.15, 0.2) is 0 Å². The van der Waals surface area contributed by atoms with Gasteiger partial charge < -0.3 is 0 Å². The lowest BCUT2D eigenvalue weighted by molar-refractivity contribution is 0.447. The molecule has 0 bridgehead atoms. The third-order valence-electron chi connectivity index (χ3n) is 1.97. The average molecular weight is 193 g/mol. The molecule has 0 rings (SSSR count). The molecule has 0 aliphatic carbocycles. The third kappa shape index (κ3) is 1.95. The van der Waals surface area contributed by atoms with Crippen molar-refractivity contribution in [1.29, 1.82) is 0 Å². The van der Waals surface area contributed by atoms with Gasteiger partial charge in [-0.2, -0.15) is 0 Å². The molecule has 0 aliphatic heterocycles. The summed E-state index contributed by atoms with van der Waals surface area (Å²) in [5.41, 5.74) is 0. The highest BCUT2D eigenvalue weighted by molar-refractivity contribution is 7.66. The second-order valence-corrected chi connectivity index (χ2v) is 7.32. The van der Waals surface area contributed by atoms with Crippen LogP contribution in [0.2, 0.25) is 0 Å². The van der Waals surface area contributed by atoms with Crippen molar-refractivity contribution in [2.24, 2.45) is 0 Å². The van der Waals surface area contributed by atoms with E-state index in [0.717, 1.165) is 0 Å². The third-order valence-corrected chi connectivity index (χ3v) is 5.92. The summed E-state index contributed by atoms with van der Waals surface area (Å²) in [6.07, 6.45) is 0. The minimum absolute atomic E-state index is 1.44. The van der Waals surface area contributed by atoms with Crippen LogP contribution in [0.5, 0.6) is 0 Å². The zero-order chi connectivity index (χ0) is 9.94. The van der Waals surface area contributed by atoms with Crippen molar-refractivity contribution in [1.82, 2.24) is 19.1 Å². The van der Waals surface area contributed by atoms with Gasteiger partial charge in [0, 0.05) is 49.3 Å². The lowest BCUT2D eigenvalue weighted by Crippen LogP contribution is -2.42. The van der Waals surface area contributed by atoms with Crippen LogP contribution >= 0.6 is 7.87 Å². The maximum absolute atomic E-state index is 3.40. The van der Waals surface area contributed by atoms with E-state index in [1.165, 1.54) is 0 Å². The second-order valence-electron chi connectivity index (χ2n) is 3.33. The second kappa shape index (κ2) is 4.49. The van der Waals surface area contributed by atoms with Crippen LogP contribution in [0.25, 0.3) is 0 Å². The van der Waals surface area contributed by atoms with Gasteiger partial charge in [-0.15, -0.1) is 19.1 Å². The maximum atomic E-state index is 3.40. The van der Waals surface area contributed by atoms with Gasteiger partial charge in [-0.1, -0.05) is 0 Å². The highest BCUT2D eigenvalue weighted by atomic mass is 31.2. The highest BCUT2D eigenvalue weighted by Crippen LogP contribution is 2.58. The molecule has 0 radical (unpaired) electrons. The number of hydrogen-bond acceptors (Lipinski definition) is 4. The minimum atomic E-state index is -1.44. The van der Waals surface area contributed by atoms with Crippen molar-refractivity contribution >= 4 is 7.87 Å². The Morgan fingerprint density at radius 3 is 1.00 bits per heavy atom. The Kier molecular flexibility index (Phi) is 4.59. The summed E-state index contributed by atoms with van der Waals surface area (Å²) in [7, 11) is 13.2. The lowest BCUT2D eigenvalue weighted by Gasteiger charge is -2.38. The molecule has 0 saturated heterocycles. The van der Waals surface area contributed by atoms with Crippen molar-refractivity contribution in [3.05, 3.63) is 0 Å². The topological polar surface area (TPSA) is 21.8 Å². The van der Waals surface area contributed by atoms with E-state index in [1.54, 1.807) is 0 Å². The molecule has 0 aliphatic rings. The van der Waals surface area contributed by atoms with Crippen LogP contribution < -0.4 is 5.09 Å². The zero-order valence-corrected chi connectivity index (χ0v) is 10.2. The van der Waals surface area contributed by atoms with Crippen LogP contribution in [0.4, 0.5) is 0 Å². The smallest absolute Gasteiger partial charge is 0.149 e. The van der Waals surface area contributed by atoms with E-state index in [9.17, 15) is 0 Å². The van der Waals surface area contributed by atoms with E-state index >= 15 is 0 Å². The van der Waals surface area contributed by atoms with E-state index in [4.69, 9.17) is 0 Å². The van der Waals surface area contributed by atoms with Gasteiger partial charge in [-0.3, -0.25) is 0 Å². The molecule has 0 amide bonds.